The van der Waals surface area contributed by atoms with Crippen molar-refractivity contribution >= 4 is 17.2 Å². The van der Waals surface area contributed by atoms with Gasteiger partial charge >= 0.3 is 0 Å². The predicted molar refractivity (Wildman–Crippen MR) is 46.1 cm³/mol. The average Bonchev–Trinajstić information content (AvgIpc) is 2.75. The van der Waals surface area contributed by atoms with Crippen LogP contribution >= 0.6 is 11.3 Å². The van der Waals surface area contributed by atoms with Gasteiger partial charge < -0.3 is 10.3 Å². The quantitative estimate of drug-likeness (QED) is 0.771. The standard InChI is InChI=1S/C7H5N3O2S/c8-6(11)4-3-5(12-10-4)7-9-1-2-13-7/h1-3H,(H2,8,11). The fourth-order valence-electron chi connectivity index (χ4n) is 0.837. The third-order valence-electron chi connectivity index (χ3n) is 1.41. The molecule has 0 saturated heterocycles. The smallest absolute Gasteiger partial charge is 0.270 e. The van der Waals surface area contributed by atoms with Gasteiger partial charge in [0.05, 0.1) is 0 Å². The second-order valence-electron chi connectivity index (χ2n) is 2.28. The second kappa shape index (κ2) is 2.98. The lowest BCUT2D eigenvalue weighted by Crippen LogP contribution is -2.10. The van der Waals surface area contributed by atoms with E-state index in [1.54, 1.807) is 6.20 Å². The van der Waals surface area contributed by atoms with Gasteiger partial charge in [-0.3, -0.25) is 4.79 Å². The van der Waals surface area contributed by atoms with E-state index in [0.29, 0.717) is 10.8 Å². The third kappa shape index (κ3) is 1.43. The number of nitrogens with zero attached hydrogens (tertiary/aromatic N) is 2. The van der Waals surface area contributed by atoms with E-state index in [9.17, 15) is 4.79 Å². The fraction of sp³-hybridized carbons (Fsp3) is 0. The maximum absolute atomic E-state index is 10.7. The van der Waals surface area contributed by atoms with Crippen molar-refractivity contribution in [3.8, 4) is 10.8 Å². The lowest BCUT2D eigenvalue weighted by molar-refractivity contribution is 0.0992. The van der Waals surface area contributed by atoms with Crippen LogP contribution in [-0.2, 0) is 0 Å². The summed E-state index contributed by atoms with van der Waals surface area (Å²) >= 11 is 1.40. The van der Waals surface area contributed by atoms with Gasteiger partial charge in [-0.1, -0.05) is 5.16 Å². The summed E-state index contributed by atoms with van der Waals surface area (Å²) in [5.41, 5.74) is 5.12. The summed E-state index contributed by atoms with van der Waals surface area (Å²) in [7, 11) is 0. The van der Waals surface area contributed by atoms with E-state index in [1.807, 2.05) is 5.38 Å². The van der Waals surface area contributed by atoms with Crippen molar-refractivity contribution in [2.24, 2.45) is 5.73 Å². The summed E-state index contributed by atoms with van der Waals surface area (Å²) in [6.07, 6.45) is 1.65. The normalized spacial score (nSPS) is 10.2. The lowest BCUT2D eigenvalue weighted by Gasteiger charge is -1.81. The monoisotopic (exact) mass is 195 g/mol. The van der Waals surface area contributed by atoms with Crippen molar-refractivity contribution in [2.45, 2.75) is 0 Å². The van der Waals surface area contributed by atoms with Gasteiger partial charge in [-0.05, 0) is 0 Å². The number of amides is 1. The SMILES string of the molecule is NC(=O)c1cc(-c2nccs2)on1. The zero-order chi connectivity index (χ0) is 9.26. The molecule has 5 nitrogen and oxygen atoms in total. The zero-order valence-corrected chi connectivity index (χ0v) is 7.25. The Labute approximate surface area is 77.2 Å². The molecule has 0 atom stereocenters. The Bertz CT molecular complexity index is 421. The maximum Gasteiger partial charge on any atom is 0.270 e. The molecular formula is C7H5N3O2S. The van der Waals surface area contributed by atoms with Crippen molar-refractivity contribution in [1.82, 2.24) is 10.1 Å². The van der Waals surface area contributed by atoms with Gasteiger partial charge in [-0.2, -0.15) is 0 Å². The molecule has 2 heterocycles. The molecule has 0 bridgehead atoms. The molecule has 0 fully saturated rings. The van der Waals surface area contributed by atoms with Crippen LogP contribution in [0.4, 0.5) is 0 Å². The maximum atomic E-state index is 10.7. The molecule has 0 aliphatic heterocycles. The van der Waals surface area contributed by atoms with Gasteiger partial charge in [-0.15, -0.1) is 11.3 Å². The first-order chi connectivity index (χ1) is 6.27. The minimum atomic E-state index is -0.605. The average molecular weight is 195 g/mol. The molecular weight excluding hydrogens is 190 g/mol. The van der Waals surface area contributed by atoms with Crippen molar-refractivity contribution in [2.75, 3.05) is 0 Å². The molecule has 2 aromatic rings. The lowest BCUT2D eigenvalue weighted by atomic mass is 10.3. The summed E-state index contributed by atoms with van der Waals surface area (Å²) < 4.78 is 4.87. The molecule has 13 heavy (non-hydrogen) atoms. The molecule has 2 N–H and O–H groups in total. The Hall–Kier alpha value is -1.69. The van der Waals surface area contributed by atoms with Crippen LogP contribution in [0.5, 0.6) is 0 Å². The molecule has 2 aromatic heterocycles. The first kappa shape index (κ1) is 7.93. The Kier molecular flexibility index (Phi) is 1.82. The van der Waals surface area contributed by atoms with E-state index < -0.39 is 5.91 Å². The van der Waals surface area contributed by atoms with Gasteiger partial charge in [0.15, 0.2) is 16.5 Å². The van der Waals surface area contributed by atoms with Gasteiger partial charge in [0.25, 0.3) is 5.91 Å². The molecule has 1 amide bonds. The number of rotatable bonds is 2. The number of carbonyl (C=O) groups excluding carboxylic acids is 1. The molecule has 0 aliphatic rings. The minimum Gasteiger partial charge on any atom is -0.364 e. The van der Waals surface area contributed by atoms with Crippen LogP contribution in [0.3, 0.4) is 0 Å². The fourth-order valence-corrected chi connectivity index (χ4v) is 1.42. The zero-order valence-electron chi connectivity index (χ0n) is 6.43. The van der Waals surface area contributed by atoms with Crippen LogP contribution in [0.2, 0.25) is 0 Å². The first-order valence-electron chi connectivity index (χ1n) is 3.44. The largest absolute Gasteiger partial charge is 0.364 e. The van der Waals surface area contributed by atoms with E-state index >= 15 is 0 Å². The topological polar surface area (TPSA) is 82.0 Å². The summed E-state index contributed by atoms with van der Waals surface area (Å²) in [6, 6.07) is 1.47. The molecule has 66 valence electrons. The van der Waals surface area contributed by atoms with Crippen molar-refractivity contribution < 1.29 is 9.32 Å². The highest BCUT2D eigenvalue weighted by molar-refractivity contribution is 7.13. The van der Waals surface area contributed by atoms with Gasteiger partial charge in [0.1, 0.15) is 0 Å². The van der Waals surface area contributed by atoms with Gasteiger partial charge in [0.2, 0.25) is 0 Å². The number of hydrogen-bond donors (Lipinski definition) is 1. The number of aromatic nitrogens is 2. The number of nitrogens with two attached hydrogens (primary N) is 1. The van der Waals surface area contributed by atoms with Crippen LogP contribution in [0, 0.1) is 0 Å². The number of carbonyl (C=O) groups is 1. The number of primary amides is 1. The summed E-state index contributed by atoms with van der Waals surface area (Å²) in [5, 5.41) is 5.98. The highest BCUT2D eigenvalue weighted by atomic mass is 32.1. The second-order valence-corrected chi connectivity index (χ2v) is 3.17. The predicted octanol–water partition coefficient (Wildman–Crippen LogP) is 0.897. The van der Waals surface area contributed by atoms with E-state index in [2.05, 4.69) is 10.1 Å². The highest BCUT2D eigenvalue weighted by Gasteiger charge is 2.11. The summed E-state index contributed by atoms with van der Waals surface area (Å²) in [5.74, 6) is -0.143. The van der Waals surface area contributed by atoms with E-state index in [4.69, 9.17) is 10.3 Å². The molecule has 0 saturated carbocycles. The number of hydrogen-bond acceptors (Lipinski definition) is 5. The highest BCUT2D eigenvalue weighted by Crippen LogP contribution is 2.21. The number of thiazole rings is 1. The van der Waals surface area contributed by atoms with E-state index in [1.165, 1.54) is 17.4 Å². The van der Waals surface area contributed by atoms with Crippen LogP contribution in [-0.4, -0.2) is 16.0 Å². The van der Waals surface area contributed by atoms with Crippen molar-refractivity contribution in [1.29, 1.82) is 0 Å². The van der Waals surface area contributed by atoms with Crippen molar-refractivity contribution in [3.63, 3.8) is 0 Å². The molecule has 0 spiro atoms. The molecule has 0 aliphatic carbocycles. The first-order valence-corrected chi connectivity index (χ1v) is 4.32. The molecule has 6 heteroatoms. The molecule has 0 radical (unpaired) electrons. The third-order valence-corrected chi connectivity index (χ3v) is 2.19. The minimum absolute atomic E-state index is 0.116. The van der Waals surface area contributed by atoms with Crippen LogP contribution in [0.25, 0.3) is 10.8 Å². The van der Waals surface area contributed by atoms with Gasteiger partial charge in [0, 0.05) is 17.6 Å². The summed E-state index contributed by atoms with van der Waals surface area (Å²) in [4.78, 5) is 14.7. The molecule has 0 aromatic carbocycles. The van der Waals surface area contributed by atoms with Crippen molar-refractivity contribution in [3.05, 3.63) is 23.3 Å². The summed E-state index contributed by atoms with van der Waals surface area (Å²) in [6.45, 7) is 0. The van der Waals surface area contributed by atoms with Crippen LogP contribution < -0.4 is 5.73 Å². The van der Waals surface area contributed by atoms with Crippen LogP contribution in [0.1, 0.15) is 10.5 Å². The van der Waals surface area contributed by atoms with Crippen LogP contribution in [0.15, 0.2) is 22.2 Å². The van der Waals surface area contributed by atoms with E-state index in [-0.39, 0.29) is 5.69 Å². The van der Waals surface area contributed by atoms with Gasteiger partial charge in [-0.25, -0.2) is 4.98 Å². The molecule has 2 rings (SSSR count). The Morgan fingerprint density at radius 3 is 3.00 bits per heavy atom. The van der Waals surface area contributed by atoms with E-state index in [0.717, 1.165) is 0 Å². The Balaban J connectivity index is 2.39. The Morgan fingerprint density at radius 1 is 1.62 bits per heavy atom. The Morgan fingerprint density at radius 2 is 2.46 bits per heavy atom. The molecule has 0 unspecified atom stereocenters.